The predicted molar refractivity (Wildman–Crippen MR) is 221 cm³/mol. The zero-order valence-corrected chi connectivity index (χ0v) is 34.6. The molecule has 2 fully saturated rings. The standard InChI is InChI=1S/C48H56N2O9/c1-47(2,3)58-46(51)50-38(32-56-48(50,4)5)26-39-27-40(49-59-39)42-44(54-30-36-22-14-8-15-23-36)45(55-31-37-24-16-9-17-25-37)43(53-29-35-20-12-7-13-21-35)41(57-42)33-52-28-34-18-10-6-11-19-34/h6-25,27,38,41-45H,26,28-33H2,1-5H3/t38-,41+,42-,43-,44-,45-/m0/s1. The lowest BCUT2D eigenvalue weighted by Gasteiger charge is -2.45. The Morgan fingerprint density at radius 1 is 0.712 bits per heavy atom. The summed E-state index contributed by atoms with van der Waals surface area (Å²) in [6.45, 7) is 11.1. The Hall–Kier alpha value is -4.88. The molecule has 0 radical (unpaired) electrons. The fraction of sp³-hybridized carbons (Fsp3) is 0.417. The van der Waals surface area contributed by atoms with E-state index >= 15 is 0 Å². The van der Waals surface area contributed by atoms with Gasteiger partial charge in [-0.05, 0) is 56.9 Å². The second-order valence-corrected chi connectivity index (χ2v) is 16.6. The average Bonchev–Trinajstić information content (AvgIpc) is 3.82. The fourth-order valence-electron chi connectivity index (χ4n) is 7.53. The van der Waals surface area contributed by atoms with Crippen LogP contribution in [0.25, 0.3) is 0 Å². The number of hydrogen-bond donors (Lipinski definition) is 0. The topological polar surface area (TPSA) is 111 Å². The fourth-order valence-corrected chi connectivity index (χ4v) is 7.53. The molecule has 0 unspecified atom stereocenters. The number of hydrogen-bond acceptors (Lipinski definition) is 10. The van der Waals surface area contributed by atoms with Gasteiger partial charge in [0.05, 0.1) is 45.7 Å². The van der Waals surface area contributed by atoms with Crippen molar-refractivity contribution in [1.82, 2.24) is 10.1 Å². The molecule has 6 atom stereocenters. The Morgan fingerprint density at radius 3 is 1.73 bits per heavy atom. The van der Waals surface area contributed by atoms with Crippen molar-refractivity contribution in [1.29, 1.82) is 0 Å². The summed E-state index contributed by atoms with van der Waals surface area (Å²) in [5, 5.41) is 4.59. The summed E-state index contributed by atoms with van der Waals surface area (Å²) in [7, 11) is 0. The van der Waals surface area contributed by atoms with Crippen LogP contribution in [0.4, 0.5) is 4.79 Å². The lowest BCUT2D eigenvalue weighted by Crippen LogP contribution is -2.58. The summed E-state index contributed by atoms with van der Waals surface area (Å²) < 4.78 is 51.9. The summed E-state index contributed by atoms with van der Waals surface area (Å²) in [5.74, 6) is 0.561. The maximum absolute atomic E-state index is 13.5. The molecule has 0 saturated carbocycles. The Balaban J connectivity index is 1.21. The van der Waals surface area contributed by atoms with Crippen LogP contribution in [0.3, 0.4) is 0 Å². The van der Waals surface area contributed by atoms with E-state index in [-0.39, 0.29) is 12.6 Å². The van der Waals surface area contributed by atoms with Gasteiger partial charge >= 0.3 is 6.09 Å². The number of rotatable bonds is 16. The molecule has 1 aromatic heterocycles. The zero-order chi connectivity index (χ0) is 41.2. The van der Waals surface area contributed by atoms with Crippen LogP contribution in [0.15, 0.2) is 132 Å². The molecule has 59 heavy (non-hydrogen) atoms. The normalized spacial score (nSPS) is 23.0. The molecule has 7 rings (SSSR count). The highest BCUT2D eigenvalue weighted by Gasteiger charge is 2.51. The largest absolute Gasteiger partial charge is 0.444 e. The number of carbonyl (C=O) groups is 1. The van der Waals surface area contributed by atoms with Crippen molar-refractivity contribution < 1.29 is 42.5 Å². The van der Waals surface area contributed by atoms with Gasteiger partial charge in [0.15, 0.2) is 0 Å². The molecule has 0 aliphatic carbocycles. The second kappa shape index (κ2) is 19.5. The Kier molecular flexibility index (Phi) is 13.9. The van der Waals surface area contributed by atoms with Crippen LogP contribution in [0.1, 0.15) is 74.4 Å². The molecule has 2 aliphatic heterocycles. The van der Waals surface area contributed by atoms with Crippen LogP contribution in [0, 0.1) is 0 Å². The number of ether oxygens (including phenoxy) is 7. The Bertz CT molecular complexity index is 2020. The van der Waals surface area contributed by atoms with Crippen LogP contribution in [-0.4, -0.2) is 71.1 Å². The van der Waals surface area contributed by atoms with Crippen molar-refractivity contribution in [3.8, 4) is 0 Å². The number of amides is 1. The van der Waals surface area contributed by atoms with Gasteiger partial charge in [-0.15, -0.1) is 0 Å². The minimum absolute atomic E-state index is 0.214. The maximum atomic E-state index is 13.5. The first-order chi connectivity index (χ1) is 28.5. The van der Waals surface area contributed by atoms with Crippen LogP contribution < -0.4 is 0 Å². The van der Waals surface area contributed by atoms with Crippen molar-refractivity contribution in [2.45, 2.75) is 115 Å². The number of benzene rings is 4. The van der Waals surface area contributed by atoms with Crippen molar-refractivity contribution in [3.05, 3.63) is 161 Å². The molecule has 5 aromatic rings. The molecule has 1 amide bonds. The molecule has 0 N–H and O–H groups in total. The first kappa shape index (κ1) is 42.3. The van der Waals surface area contributed by atoms with E-state index in [1.54, 1.807) is 4.90 Å². The molecule has 4 aromatic carbocycles. The van der Waals surface area contributed by atoms with Crippen molar-refractivity contribution in [3.63, 3.8) is 0 Å². The lowest BCUT2D eigenvalue weighted by atomic mass is 9.92. The first-order valence-corrected chi connectivity index (χ1v) is 20.4. The third kappa shape index (κ3) is 11.4. The monoisotopic (exact) mass is 804 g/mol. The van der Waals surface area contributed by atoms with Gasteiger partial charge in [0.25, 0.3) is 0 Å². The molecule has 0 bridgehead atoms. The number of aromatic nitrogens is 1. The number of carbonyl (C=O) groups excluding carboxylic acids is 1. The van der Waals surface area contributed by atoms with Crippen LogP contribution in [0.2, 0.25) is 0 Å². The van der Waals surface area contributed by atoms with E-state index < -0.39 is 47.9 Å². The smallest absolute Gasteiger partial charge is 0.412 e. The molecule has 11 nitrogen and oxygen atoms in total. The summed E-state index contributed by atoms with van der Waals surface area (Å²) in [6.07, 6.45) is -3.34. The third-order valence-electron chi connectivity index (χ3n) is 10.4. The van der Waals surface area contributed by atoms with Gasteiger partial charge < -0.3 is 37.7 Å². The Labute approximate surface area is 347 Å². The molecule has 2 saturated heterocycles. The summed E-state index contributed by atoms with van der Waals surface area (Å²) in [5.41, 5.74) is 3.06. The minimum atomic E-state index is -0.871. The SMILES string of the molecule is CC(C)(C)OC(=O)N1[C@@H](Cc2cc([C@@H]3O[C@H](COCc4ccccc4)[C@H](OCc4ccccc4)[C@H](OCc4ccccc4)[C@H]3OCc3ccccc3)no2)COC1(C)C. The van der Waals surface area contributed by atoms with Crippen molar-refractivity contribution in [2.24, 2.45) is 0 Å². The molecular weight excluding hydrogens is 749 g/mol. The molecule has 2 aliphatic rings. The van der Waals surface area contributed by atoms with Gasteiger partial charge in [0.2, 0.25) is 0 Å². The second-order valence-electron chi connectivity index (χ2n) is 16.6. The van der Waals surface area contributed by atoms with E-state index in [9.17, 15) is 4.79 Å². The maximum Gasteiger partial charge on any atom is 0.412 e. The minimum Gasteiger partial charge on any atom is -0.444 e. The van der Waals surface area contributed by atoms with Gasteiger partial charge in [0, 0.05) is 12.5 Å². The van der Waals surface area contributed by atoms with Crippen LogP contribution in [0.5, 0.6) is 0 Å². The van der Waals surface area contributed by atoms with E-state index in [1.807, 2.05) is 162 Å². The molecular formula is C48H56N2O9. The van der Waals surface area contributed by atoms with Crippen LogP contribution >= 0.6 is 0 Å². The predicted octanol–water partition coefficient (Wildman–Crippen LogP) is 9.00. The van der Waals surface area contributed by atoms with E-state index in [4.69, 9.17) is 37.7 Å². The zero-order valence-electron chi connectivity index (χ0n) is 34.6. The summed E-state index contributed by atoms with van der Waals surface area (Å²) in [6, 6.07) is 41.7. The van der Waals surface area contributed by atoms with E-state index in [0.29, 0.717) is 50.9 Å². The van der Waals surface area contributed by atoms with Crippen LogP contribution in [-0.2, 0) is 66.0 Å². The highest BCUT2D eigenvalue weighted by Crippen LogP contribution is 2.39. The summed E-state index contributed by atoms with van der Waals surface area (Å²) in [4.78, 5) is 15.1. The van der Waals surface area contributed by atoms with Crippen molar-refractivity contribution >= 4 is 6.09 Å². The lowest BCUT2D eigenvalue weighted by molar-refractivity contribution is -0.276. The van der Waals surface area contributed by atoms with Gasteiger partial charge in [-0.25, -0.2) is 4.79 Å². The first-order valence-electron chi connectivity index (χ1n) is 20.4. The van der Waals surface area contributed by atoms with Gasteiger partial charge in [0.1, 0.15) is 53.3 Å². The van der Waals surface area contributed by atoms with E-state index in [0.717, 1.165) is 22.3 Å². The highest BCUT2D eigenvalue weighted by atomic mass is 16.6. The number of nitrogens with zero attached hydrogens (tertiary/aromatic N) is 2. The van der Waals surface area contributed by atoms with E-state index in [1.165, 1.54) is 0 Å². The highest BCUT2D eigenvalue weighted by molar-refractivity contribution is 5.69. The Morgan fingerprint density at radius 2 is 1.20 bits per heavy atom. The molecule has 11 heteroatoms. The van der Waals surface area contributed by atoms with Crippen molar-refractivity contribution in [2.75, 3.05) is 13.2 Å². The summed E-state index contributed by atoms with van der Waals surface area (Å²) >= 11 is 0. The molecule has 3 heterocycles. The average molecular weight is 805 g/mol. The molecule has 0 spiro atoms. The van der Waals surface area contributed by atoms with Gasteiger partial charge in [-0.3, -0.25) is 4.90 Å². The van der Waals surface area contributed by atoms with Gasteiger partial charge in [-0.2, -0.15) is 0 Å². The molecule has 312 valence electrons. The van der Waals surface area contributed by atoms with E-state index in [2.05, 4.69) is 5.16 Å². The quantitative estimate of drug-likeness (QED) is 0.0959. The third-order valence-corrected chi connectivity index (χ3v) is 10.4. The van der Waals surface area contributed by atoms with Gasteiger partial charge in [-0.1, -0.05) is 126 Å².